The van der Waals surface area contributed by atoms with Crippen LogP contribution < -0.4 is 5.32 Å². The van der Waals surface area contributed by atoms with E-state index in [4.69, 9.17) is 9.47 Å². The summed E-state index contributed by atoms with van der Waals surface area (Å²) in [5.41, 5.74) is 2.16. The summed E-state index contributed by atoms with van der Waals surface area (Å²) in [6, 6.07) is 8.21. The first kappa shape index (κ1) is 14.0. The van der Waals surface area contributed by atoms with Crippen LogP contribution in [0.4, 0.5) is 0 Å². The van der Waals surface area contributed by atoms with Gasteiger partial charge in [0, 0.05) is 21.3 Å². The van der Waals surface area contributed by atoms with Crippen molar-refractivity contribution in [2.24, 2.45) is 7.05 Å². The summed E-state index contributed by atoms with van der Waals surface area (Å²) >= 11 is 0. The summed E-state index contributed by atoms with van der Waals surface area (Å²) in [5.74, 6) is 0.999. The van der Waals surface area contributed by atoms with Crippen LogP contribution in [0.2, 0.25) is 0 Å². The molecule has 0 saturated carbocycles. The molecule has 2 aromatic rings. The maximum Gasteiger partial charge on any atom is 0.171 e. The van der Waals surface area contributed by atoms with Crippen LogP contribution in [0.5, 0.6) is 0 Å². The highest BCUT2D eigenvalue weighted by atomic mass is 16.7. The number of imidazole rings is 1. The summed E-state index contributed by atoms with van der Waals surface area (Å²) in [4.78, 5) is 4.61. The van der Waals surface area contributed by atoms with Crippen molar-refractivity contribution in [2.75, 3.05) is 14.2 Å². The van der Waals surface area contributed by atoms with Crippen molar-refractivity contribution >= 4 is 11.0 Å². The van der Waals surface area contributed by atoms with Crippen LogP contribution >= 0.6 is 0 Å². The Hall–Kier alpha value is -1.43. The fourth-order valence-electron chi connectivity index (χ4n) is 2.21. The van der Waals surface area contributed by atoms with Gasteiger partial charge in [-0.2, -0.15) is 0 Å². The van der Waals surface area contributed by atoms with E-state index in [1.54, 1.807) is 14.2 Å². The minimum atomic E-state index is -0.255. The van der Waals surface area contributed by atoms with Crippen molar-refractivity contribution < 1.29 is 9.47 Å². The molecule has 0 fully saturated rings. The first-order chi connectivity index (χ1) is 9.17. The standard InChI is InChI=1S/C14H21N3O2/c1-10(14(18-3)19-4)15-9-13-16-11-7-5-6-8-12(11)17(13)2/h5-8,10,14-15H,9H2,1-4H3. The molecule has 0 radical (unpaired) electrons. The zero-order chi connectivity index (χ0) is 13.8. The third kappa shape index (κ3) is 2.94. The second kappa shape index (κ2) is 6.14. The molecule has 0 spiro atoms. The lowest BCUT2D eigenvalue weighted by molar-refractivity contribution is -0.119. The summed E-state index contributed by atoms with van der Waals surface area (Å²) in [6.45, 7) is 2.70. The number of methoxy groups -OCH3 is 2. The van der Waals surface area contributed by atoms with E-state index in [1.165, 1.54) is 0 Å². The van der Waals surface area contributed by atoms with Gasteiger partial charge in [-0.1, -0.05) is 12.1 Å². The Labute approximate surface area is 113 Å². The topological polar surface area (TPSA) is 48.3 Å². The lowest BCUT2D eigenvalue weighted by Gasteiger charge is -2.22. The predicted octanol–water partition coefficient (Wildman–Crippen LogP) is 1.67. The number of fused-ring (bicyclic) bond motifs is 1. The largest absolute Gasteiger partial charge is 0.354 e. The lowest BCUT2D eigenvalue weighted by atomic mass is 10.3. The first-order valence-electron chi connectivity index (χ1n) is 6.36. The average Bonchev–Trinajstić information content (AvgIpc) is 2.75. The normalized spacial score (nSPS) is 13.3. The fraction of sp³-hybridized carbons (Fsp3) is 0.500. The molecule has 2 rings (SSSR count). The number of nitrogens with zero attached hydrogens (tertiary/aromatic N) is 2. The maximum atomic E-state index is 5.23. The zero-order valence-corrected chi connectivity index (χ0v) is 11.9. The Bertz CT molecular complexity index is 534. The molecule has 0 aliphatic carbocycles. The maximum absolute atomic E-state index is 5.23. The molecule has 0 aliphatic rings. The van der Waals surface area contributed by atoms with Gasteiger partial charge in [0.2, 0.25) is 0 Å². The van der Waals surface area contributed by atoms with E-state index in [-0.39, 0.29) is 12.3 Å². The Morgan fingerprint density at radius 3 is 2.58 bits per heavy atom. The third-order valence-electron chi connectivity index (χ3n) is 3.33. The molecule has 0 bridgehead atoms. The number of ether oxygens (including phenoxy) is 2. The second-order valence-corrected chi connectivity index (χ2v) is 4.59. The SMILES string of the molecule is COC(OC)C(C)NCc1nc2ccccc2n1C. The van der Waals surface area contributed by atoms with Gasteiger partial charge in [-0.25, -0.2) is 4.98 Å². The summed E-state index contributed by atoms with van der Waals surface area (Å²) in [5, 5.41) is 3.37. The lowest BCUT2D eigenvalue weighted by Crippen LogP contribution is -2.39. The number of rotatable bonds is 6. The fourth-order valence-corrected chi connectivity index (χ4v) is 2.21. The van der Waals surface area contributed by atoms with Crippen molar-refractivity contribution in [1.82, 2.24) is 14.9 Å². The molecular formula is C14H21N3O2. The molecule has 0 aliphatic heterocycles. The molecule has 104 valence electrons. The van der Waals surface area contributed by atoms with Gasteiger partial charge in [0.1, 0.15) is 5.82 Å². The van der Waals surface area contributed by atoms with E-state index >= 15 is 0 Å². The number of para-hydroxylation sites is 2. The van der Waals surface area contributed by atoms with Crippen molar-refractivity contribution in [3.05, 3.63) is 30.1 Å². The zero-order valence-electron chi connectivity index (χ0n) is 11.9. The molecule has 0 amide bonds. The molecule has 5 nitrogen and oxygen atoms in total. The Morgan fingerprint density at radius 1 is 1.26 bits per heavy atom. The molecule has 1 aromatic heterocycles. The summed E-state index contributed by atoms with van der Waals surface area (Å²) < 4.78 is 12.6. The van der Waals surface area contributed by atoms with Gasteiger partial charge >= 0.3 is 0 Å². The number of hydrogen-bond acceptors (Lipinski definition) is 4. The molecule has 1 atom stereocenters. The van der Waals surface area contributed by atoms with Crippen molar-refractivity contribution in [2.45, 2.75) is 25.8 Å². The third-order valence-corrected chi connectivity index (χ3v) is 3.33. The van der Waals surface area contributed by atoms with Crippen molar-refractivity contribution in [3.63, 3.8) is 0 Å². The molecule has 5 heteroatoms. The van der Waals surface area contributed by atoms with Gasteiger partial charge in [0.25, 0.3) is 0 Å². The Kier molecular flexibility index (Phi) is 4.52. The van der Waals surface area contributed by atoms with E-state index < -0.39 is 0 Å². The van der Waals surface area contributed by atoms with E-state index in [2.05, 4.69) is 20.9 Å². The van der Waals surface area contributed by atoms with Crippen LogP contribution in [0, 0.1) is 0 Å². The molecule has 1 N–H and O–H groups in total. The minimum absolute atomic E-state index is 0.0924. The number of nitrogens with one attached hydrogen (secondary N) is 1. The van der Waals surface area contributed by atoms with Gasteiger partial charge in [-0.05, 0) is 19.1 Å². The van der Waals surface area contributed by atoms with Gasteiger partial charge in [0.15, 0.2) is 6.29 Å². The van der Waals surface area contributed by atoms with Gasteiger partial charge in [0.05, 0.1) is 23.6 Å². The molecule has 0 saturated heterocycles. The van der Waals surface area contributed by atoms with Crippen molar-refractivity contribution in [3.8, 4) is 0 Å². The Morgan fingerprint density at radius 2 is 1.95 bits per heavy atom. The molecular weight excluding hydrogens is 242 g/mol. The number of aromatic nitrogens is 2. The smallest absolute Gasteiger partial charge is 0.171 e. The van der Waals surface area contributed by atoms with Gasteiger partial charge in [-0.15, -0.1) is 0 Å². The predicted molar refractivity (Wildman–Crippen MR) is 74.8 cm³/mol. The number of aryl methyl sites for hydroxylation is 1. The highest BCUT2D eigenvalue weighted by Crippen LogP contribution is 2.14. The second-order valence-electron chi connectivity index (χ2n) is 4.59. The Balaban J connectivity index is 2.07. The monoisotopic (exact) mass is 263 g/mol. The van der Waals surface area contributed by atoms with E-state index in [9.17, 15) is 0 Å². The van der Waals surface area contributed by atoms with Crippen LogP contribution in [0.25, 0.3) is 11.0 Å². The van der Waals surface area contributed by atoms with Crippen molar-refractivity contribution in [1.29, 1.82) is 0 Å². The minimum Gasteiger partial charge on any atom is -0.354 e. The quantitative estimate of drug-likeness (QED) is 0.805. The van der Waals surface area contributed by atoms with Gasteiger partial charge < -0.3 is 19.4 Å². The van der Waals surface area contributed by atoms with Crippen LogP contribution in [-0.4, -0.2) is 36.1 Å². The number of benzene rings is 1. The molecule has 1 unspecified atom stereocenters. The molecule has 1 aromatic carbocycles. The number of hydrogen-bond donors (Lipinski definition) is 1. The highest BCUT2D eigenvalue weighted by Gasteiger charge is 2.16. The van der Waals surface area contributed by atoms with E-state index in [1.807, 2.05) is 32.2 Å². The van der Waals surface area contributed by atoms with E-state index in [0.717, 1.165) is 16.9 Å². The molecule has 19 heavy (non-hydrogen) atoms. The van der Waals surface area contributed by atoms with Gasteiger partial charge in [-0.3, -0.25) is 0 Å². The molecule has 1 heterocycles. The first-order valence-corrected chi connectivity index (χ1v) is 6.36. The van der Waals surface area contributed by atoms with Crippen LogP contribution in [0.3, 0.4) is 0 Å². The van der Waals surface area contributed by atoms with Crippen LogP contribution in [-0.2, 0) is 23.1 Å². The summed E-state index contributed by atoms with van der Waals surface area (Å²) in [6.07, 6.45) is -0.255. The summed E-state index contributed by atoms with van der Waals surface area (Å²) in [7, 11) is 5.31. The van der Waals surface area contributed by atoms with Crippen LogP contribution in [0.1, 0.15) is 12.7 Å². The van der Waals surface area contributed by atoms with E-state index in [0.29, 0.717) is 6.54 Å². The highest BCUT2D eigenvalue weighted by molar-refractivity contribution is 5.75. The van der Waals surface area contributed by atoms with Crippen LogP contribution in [0.15, 0.2) is 24.3 Å². The average molecular weight is 263 g/mol.